The van der Waals surface area contributed by atoms with Crippen LogP contribution >= 0.6 is 0 Å². The molecule has 102 valence electrons. The second-order valence-electron chi connectivity index (χ2n) is 5.14. The van der Waals surface area contributed by atoms with E-state index in [4.69, 9.17) is 0 Å². The van der Waals surface area contributed by atoms with E-state index >= 15 is 0 Å². The molecule has 0 saturated carbocycles. The van der Waals surface area contributed by atoms with E-state index in [1.165, 1.54) is 11.1 Å². The highest BCUT2D eigenvalue weighted by Gasteiger charge is 2.01. The van der Waals surface area contributed by atoms with Crippen molar-refractivity contribution in [1.29, 1.82) is 0 Å². The normalized spacial score (nSPS) is 11.4. The Morgan fingerprint density at radius 2 is 1.56 bits per heavy atom. The minimum atomic E-state index is 0.576. The fourth-order valence-corrected chi connectivity index (χ4v) is 2.02. The molecule has 0 spiro atoms. The summed E-state index contributed by atoms with van der Waals surface area (Å²) in [6.07, 6.45) is 1.11. The summed E-state index contributed by atoms with van der Waals surface area (Å²) in [6.45, 7) is 13.2. The molecule has 0 amide bonds. The molecule has 0 fully saturated rings. The molecule has 0 unspecified atom stereocenters. The molecule has 1 N–H and O–H groups in total. The Morgan fingerprint density at radius 3 is 2.06 bits per heavy atom. The predicted molar refractivity (Wildman–Crippen MR) is 79.9 cm³/mol. The van der Waals surface area contributed by atoms with Crippen LogP contribution in [0.15, 0.2) is 24.3 Å². The SMILES string of the molecule is CCN(CC)Cc1ccc(CCNC(C)C)cc1. The Kier molecular flexibility index (Phi) is 6.99. The van der Waals surface area contributed by atoms with Gasteiger partial charge >= 0.3 is 0 Å². The van der Waals surface area contributed by atoms with Crippen molar-refractivity contribution < 1.29 is 0 Å². The van der Waals surface area contributed by atoms with Crippen LogP contribution in [0.2, 0.25) is 0 Å². The lowest BCUT2D eigenvalue weighted by atomic mass is 10.1. The lowest BCUT2D eigenvalue weighted by molar-refractivity contribution is 0.296. The number of rotatable bonds is 8. The molecule has 0 heterocycles. The lowest BCUT2D eigenvalue weighted by Crippen LogP contribution is -2.25. The molecule has 0 aliphatic heterocycles. The van der Waals surface area contributed by atoms with E-state index in [0.717, 1.165) is 32.6 Å². The maximum Gasteiger partial charge on any atom is 0.0233 e. The number of nitrogens with zero attached hydrogens (tertiary/aromatic N) is 1. The zero-order chi connectivity index (χ0) is 13.4. The van der Waals surface area contributed by atoms with E-state index in [0.29, 0.717) is 6.04 Å². The summed E-state index contributed by atoms with van der Waals surface area (Å²) >= 11 is 0. The van der Waals surface area contributed by atoms with Crippen LogP contribution in [0, 0.1) is 0 Å². The average molecular weight is 248 g/mol. The second kappa shape index (κ2) is 8.28. The number of benzene rings is 1. The first-order valence-electron chi connectivity index (χ1n) is 7.19. The predicted octanol–water partition coefficient (Wildman–Crippen LogP) is 3.07. The molecule has 1 rings (SSSR count). The van der Waals surface area contributed by atoms with Crippen molar-refractivity contribution in [1.82, 2.24) is 10.2 Å². The van der Waals surface area contributed by atoms with Gasteiger partial charge in [0.25, 0.3) is 0 Å². The van der Waals surface area contributed by atoms with Crippen LogP contribution in [0.4, 0.5) is 0 Å². The third-order valence-electron chi connectivity index (χ3n) is 3.29. The monoisotopic (exact) mass is 248 g/mol. The van der Waals surface area contributed by atoms with E-state index in [1.54, 1.807) is 0 Å². The van der Waals surface area contributed by atoms with Gasteiger partial charge in [-0.1, -0.05) is 52.0 Å². The van der Waals surface area contributed by atoms with E-state index in [1.807, 2.05) is 0 Å². The molecule has 0 aliphatic rings. The van der Waals surface area contributed by atoms with Crippen molar-refractivity contribution in [3.63, 3.8) is 0 Å². The lowest BCUT2D eigenvalue weighted by Gasteiger charge is -2.18. The van der Waals surface area contributed by atoms with Gasteiger partial charge < -0.3 is 5.32 Å². The van der Waals surface area contributed by atoms with Crippen LogP contribution < -0.4 is 5.32 Å². The van der Waals surface area contributed by atoms with Crippen LogP contribution in [0.3, 0.4) is 0 Å². The van der Waals surface area contributed by atoms with Crippen LogP contribution in [-0.4, -0.2) is 30.6 Å². The number of hydrogen-bond donors (Lipinski definition) is 1. The summed E-state index contributed by atoms with van der Waals surface area (Å²) < 4.78 is 0. The van der Waals surface area contributed by atoms with Crippen molar-refractivity contribution in [3.8, 4) is 0 Å². The standard InChI is InChI=1S/C16H28N2/c1-5-18(6-2)13-16-9-7-15(8-10-16)11-12-17-14(3)4/h7-10,14,17H,5-6,11-13H2,1-4H3. The zero-order valence-corrected chi connectivity index (χ0v) is 12.4. The van der Waals surface area contributed by atoms with Gasteiger partial charge in [-0.2, -0.15) is 0 Å². The molecule has 0 bridgehead atoms. The smallest absolute Gasteiger partial charge is 0.0233 e. The summed E-state index contributed by atoms with van der Waals surface area (Å²) in [5, 5.41) is 3.45. The summed E-state index contributed by atoms with van der Waals surface area (Å²) in [7, 11) is 0. The second-order valence-corrected chi connectivity index (χ2v) is 5.14. The quantitative estimate of drug-likeness (QED) is 0.760. The number of hydrogen-bond acceptors (Lipinski definition) is 2. The van der Waals surface area contributed by atoms with E-state index in [9.17, 15) is 0 Å². The Labute approximate surface area is 112 Å². The molecule has 0 saturated heterocycles. The zero-order valence-electron chi connectivity index (χ0n) is 12.4. The van der Waals surface area contributed by atoms with Gasteiger partial charge in [-0.05, 0) is 37.2 Å². The molecule has 0 atom stereocenters. The first kappa shape index (κ1) is 15.2. The molecule has 0 radical (unpaired) electrons. The van der Waals surface area contributed by atoms with E-state index in [-0.39, 0.29) is 0 Å². The highest BCUT2D eigenvalue weighted by Crippen LogP contribution is 2.08. The molecular formula is C16H28N2. The molecular weight excluding hydrogens is 220 g/mol. The van der Waals surface area contributed by atoms with Crippen LogP contribution in [0.5, 0.6) is 0 Å². The fourth-order valence-electron chi connectivity index (χ4n) is 2.02. The van der Waals surface area contributed by atoms with Gasteiger partial charge in [-0.25, -0.2) is 0 Å². The van der Waals surface area contributed by atoms with Crippen molar-refractivity contribution >= 4 is 0 Å². The highest BCUT2D eigenvalue weighted by molar-refractivity contribution is 5.22. The van der Waals surface area contributed by atoms with E-state index in [2.05, 4.69) is 62.2 Å². The minimum absolute atomic E-state index is 0.576. The maximum absolute atomic E-state index is 3.45. The van der Waals surface area contributed by atoms with Crippen molar-refractivity contribution in [2.45, 2.75) is 46.7 Å². The Bertz CT molecular complexity index is 312. The topological polar surface area (TPSA) is 15.3 Å². The molecule has 0 aliphatic carbocycles. The third kappa shape index (κ3) is 5.65. The van der Waals surface area contributed by atoms with Crippen LogP contribution in [0.25, 0.3) is 0 Å². The van der Waals surface area contributed by atoms with Gasteiger partial charge in [0.05, 0.1) is 0 Å². The summed E-state index contributed by atoms with van der Waals surface area (Å²) in [6, 6.07) is 9.64. The first-order chi connectivity index (χ1) is 8.65. The minimum Gasteiger partial charge on any atom is -0.314 e. The molecule has 0 aromatic heterocycles. The summed E-state index contributed by atoms with van der Waals surface area (Å²) in [5.74, 6) is 0. The van der Waals surface area contributed by atoms with Gasteiger partial charge in [0, 0.05) is 12.6 Å². The van der Waals surface area contributed by atoms with Crippen LogP contribution in [-0.2, 0) is 13.0 Å². The Morgan fingerprint density at radius 1 is 1.00 bits per heavy atom. The molecule has 1 aromatic rings. The largest absolute Gasteiger partial charge is 0.314 e. The molecule has 1 aromatic carbocycles. The average Bonchev–Trinajstić information content (AvgIpc) is 2.37. The highest BCUT2D eigenvalue weighted by atomic mass is 15.1. The number of nitrogens with one attached hydrogen (secondary N) is 1. The van der Waals surface area contributed by atoms with Crippen LogP contribution in [0.1, 0.15) is 38.8 Å². The van der Waals surface area contributed by atoms with Gasteiger partial charge in [0.15, 0.2) is 0 Å². The van der Waals surface area contributed by atoms with E-state index < -0.39 is 0 Å². The third-order valence-corrected chi connectivity index (χ3v) is 3.29. The Balaban J connectivity index is 2.42. The van der Waals surface area contributed by atoms with Crippen molar-refractivity contribution in [2.75, 3.05) is 19.6 Å². The maximum atomic E-state index is 3.45. The molecule has 18 heavy (non-hydrogen) atoms. The summed E-state index contributed by atoms with van der Waals surface area (Å²) in [5.41, 5.74) is 2.84. The van der Waals surface area contributed by atoms with Gasteiger partial charge in [0.1, 0.15) is 0 Å². The van der Waals surface area contributed by atoms with Gasteiger partial charge in [-0.15, -0.1) is 0 Å². The first-order valence-corrected chi connectivity index (χ1v) is 7.19. The molecule has 2 heteroatoms. The van der Waals surface area contributed by atoms with Crippen molar-refractivity contribution in [2.24, 2.45) is 0 Å². The van der Waals surface area contributed by atoms with Gasteiger partial charge in [0.2, 0.25) is 0 Å². The fraction of sp³-hybridized carbons (Fsp3) is 0.625. The van der Waals surface area contributed by atoms with Crippen molar-refractivity contribution in [3.05, 3.63) is 35.4 Å². The molecule has 2 nitrogen and oxygen atoms in total. The Hall–Kier alpha value is -0.860. The van der Waals surface area contributed by atoms with Gasteiger partial charge in [-0.3, -0.25) is 4.90 Å². The summed E-state index contributed by atoms with van der Waals surface area (Å²) in [4.78, 5) is 2.44.